The van der Waals surface area contributed by atoms with Crippen molar-refractivity contribution in [2.24, 2.45) is 0 Å². The quantitative estimate of drug-likeness (QED) is 0.446. The maximum absolute atomic E-state index is 10.7. The van der Waals surface area contributed by atoms with Gasteiger partial charge in [0, 0.05) is 26.2 Å². The van der Waals surface area contributed by atoms with Crippen molar-refractivity contribution in [1.29, 1.82) is 0 Å². The van der Waals surface area contributed by atoms with Crippen molar-refractivity contribution in [1.82, 2.24) is 25.0 Å². The van der Waals surface area contributed by atoms with Crippen LogP contribution in [0.4, 0.5) is 25.2 Å². The summed E-state index contributed by atoms with van der Waals surface area (Å²) < 4.78 is 59.2. The minimum atomic E-state index is -10.7. The normalized spacial score (nSPS) is 21.6. The largest absolute Gasteiger partial charge is 0.359 e. The van der Waals surface area contributed by atoms with E-state index in [2.05, 4.69) is 20.1 Å². The molecule has 2 aliphatic rings. The SMILES string of the molecule is F[P-](F)(F)(F)(F)F.c1ccc2c(c1)nnn2OC(N1CCCCC1)N1CCCCC1. The summed E-state index contributed by atoms with van der Waals surface area (Å²) in [6.07, 6.45) is 7.65. The minimum absolute atomic E-state index is 0.0271. The molecular weight excluding hydrogens is 435 g/mol. The average Bonchev–Trinajstić information content (AvgIpc) is 3.08. The average molecular weight is 460 g/mol. The fraction of sp³-hybridized carbons (Fsp3) is 0.647. The molecule has 0 amide bonds. The number of para-hydroxylation sites is 1. The Morgan fingerprint density at radius 2 is 1.23 bits per heavy atom. The molecule has 2 aromatic rings. The molecule has 0 unspecified atom stereocenters. The van der Waals surface area contributed by atoms with E-state index < -0.39 is 7.81 Å². The van der Waals surface area contributed by atoms with Gasteiger partial charge in [0.2, 0.25) is 6.35 Å². The summed E-state index contributed by atoms with van der Waals surface area (Å²) in [6, 6.07) is 7.97. The first kappa shape index (κ1) is 23.0. The van der Waals surface area contributed by atoms with Gasteiger partial charge in [0.15, 0.2) is 0 Å². The summed E-state index contributed by atoms with van der Waals surface area (Å²) >= 11 is 0. The van der Waals surface area contributed by atoms with Gasteiger partial charge in [0.25, 0.3) is 0 Å². The molecule has 2 aliphatic heterocycles. The van der Waals surface area contributed by atoms with Crippen molar-refractivity contribution in [3.63, 3.8) is 0 Å². The molecule has 2 saturated heterocycles. The predicted molar refractivity (Wildman–Crippen MR) is 102 cm³/mol. The van der Waals surface area contributed by atoms with E-state index >= 15 is 0 Å². The van der Waals surface area contributed by atoms with Crippen LogP contribution in [0.1, 0.15) is 38.5 Å². The molecule has 0 N–H and O–H groups in total. The number of rotatable bonds is 4. The molecular formula is C17H25F6N5OP-. The number of piperidine rings is 2. The molecule has 2 fully saturated rings. The van der Waals surface area contributed by atoms with Gasteiger partial charge in [0.05, 0.1) is 0 Å². The van der Waals surface area contributed by atoms with Crippen molar-refractivity contribution >= 4 is 18.8 Å². The Morgan fingerprint density at radius 3 is 1.73 bits per heavy atom. The van der Waals surface area contributed by atoms with Crippen LogP contribution < -0.4 is 4.84 Å². The molecule has 0 aliphatic carbocycles. The molecule has 172 valence electrons. The predicted octanol–water partition coefficient (Wildman–Crippen LogP) is 5.50. The molecule has 6 nitrogen and oxygen atoms in total. The van der Waals surface area contributed by atoms with Gasteiger partial charge in [0.1, 0.15) is 11.0 Å². The van der Waals surface area contributed by atoms with Crippen LogP contribution in [0.5, 0.6) is 0 Å². The molecule has 0 bridgehead atoms. The van der Waals surface area contributed by atoms with Gasteiger partial charge in [-0.15, -0.1) is 5.10 Å². The van der Waals surface area contributed by atoms with E-state index in [1.54, 1.807) is 4.85 Å². The Bertz CT molecular complexity index is 805. The Labute approximate surface area is 169 Å². The zero-order valence-electron chi connectivity index (χ0n) is 16.3. The van der Waals surface area contributed by atoms with E-state index in [4.69, 9.17) is 4.84 Å². The number of hydrogen-bond acceptors (Lipinski definition) is 5. The van der Waals surface area contributed by atoms with E-state index in [9.17, 15) is 25.2 Å². The topological polar surface area (TPSA) is 46.4 Å². The van der Waals surface area contributed by atoms with Gasteiger partial charge < -0.3 is 4.84 Å². The molecule has 0 atom stereocenters. The summed E-state index contributed by atoms with van der Waals surface area (Å²) in [6.45, 7) is 4.42. The first-order valence-electron chi connectivity index (χ1n) is 9.89. The van der Waals surface area contributed by atoms with Crippen molar-refractivity contribution < 1.29 is 30.0 Å². The van der Waals surface area contributed by atoms with Crippen LogP contribution in [0, 0.1) is 0 Å². The zero-order chi connectivity index (χ0) is 21.9. The van der Waals surface area contributed by atoms with Crippen molar-refractivity contribution in [3.8, 4) is 0 Å². The fourth-order valence-corrected chi connectivity index (χ4v) is 3.66. The number of hydrogen-bond donors (Lipinski definition) is 0. The monoisotopic (exact) mass is 460 g/mol. The van der Waals surface area contributed by atoms with E-state index in [1.165, 1.54) is 38.5 Å². The van der Waals surface area contributed by atoms with Crippen molar-refractivity contribution in [2.45, 2.75) is 44.9 Å². The van der Waals surface area contributed by atoms with Gasteiger partial charge in [-0.25, -0.2) is 0 Å². The third-order valence-electron chi connectivity index (χ3n) is 4.92. The van der Waals surface area contributed by atoms with E-state index in [0.717, 1.165) is 37.2 Å². The smallest absolute Gasteiger partial charge is 0.238 e. The number of likely N-dealkylation sites (tertiary alicyclic amines) is 2. The second kappa shape index (κ2) is 8.12. The number of benzene rings is 1. The number of halogens is 6. The van der Waals surface area contributed by atoms with Gasteiger partial charge >= 0.3 is 33.0 Å². The van der Waals surface area contributed by atoms with Gasteiger partial charge in [-0.3, -0.25) is 9.80 Å². The second-order valence-corrected chi connectivity index (χ2v) is 9.45. The third-order valence-corrected chi connectivity index (χ3v) is 4.92. The Kier molecular flexibility index (Phi) is 6.23. The number of fused-ring (bicyclic) bond motifs is 1. The Balaban J connectivity index is 0.000000318. The Hall–Kier alpha value is -1.65. The third kappa shape index (κ3) is 7.88. The van der Waals surface area contributed by atoms with Gasteiger partial charge in [-0.05, 0) is 43.0 Å². The van der Waals surface area contributed by atoms with Gasteiger partial charge in [-0.1, -0.05) is 29.8 Å². The van der Waals surface area contributed by atoms with E-state index in [1.807, 2.05) is 24.3 Å². The minimum Gasteiger partial charge on any atom is -0.359 e. The summed E-state index contributed by atoms with van der Waals surface area (Å²) in [5.74, 6) is 0. The maximum atomic E-state index is 9.87. The van der Waals surface area contributed by atoms with Crippen LogP contribution in [0.25, 0.3) is 11.0 Å². The molecule has 0 saturated carbocycles. The fourth-order valence-electron chi connectivity index (χ4n) is 3.66. The number of aromatic nitrogens is 3. The van der Waals surface area contributed by atoms with Crippen molar-refractivity contribution in [3.05, 3.63) is 24.3 Å². The first-order chi connectivity index (χ1) is 13.9. The molecule has 1 aromatic heterocycles. The van der Waals surface area contributed by atoms with E-state index in [0.29, 0.717) is 0 Å². The molecule has 30 heavy (non-hydrogen) atoms. The first-order valence-corrected chi connectivity index (χ1v) is 11.9. The van der Waals surface area contributed by atoms with Gasteiger partial charge in [-0.2, -0.15) is 0 Å². The molecule has 1 aromatic carbocycles. The summed E-state index contributed by atoms with van der Waals surface area (Å²) in [7, 11) is -10.7. The summed E-state index contributed by atoms with van der Waals surface area (Å²) in [5.41, 5.74) is 1.81. The molecule has 0 spiro atoms. The standard InChI is InChI=1S/C17H25N5O.F6P/c1-5-11-20(12-6-1)17(21-13-7-2-8-14-21)23-22-16-10-4-3-9-15(16)18-19-22;1-7(2,3,4,5)6/h3-4,9-10,17H,1-2,5-8,11-14H2;/q;-1. The summed E-state index contributed by atoms with van der Waals surface area (Å²) in [5, 5.41) is 8.43. The van der Waals surface area contributed by atoms with Crippen LogP contribution in [-0.4, -0.2) is 57.5 Å². The van der Waals surface area contributed by atoms with Crippen LogP contribution in [-0.2, 0) is 0 Å². The number of nitrogens with zero attached hydrogens (tertiary/aromatic N) is 5. The van der Waals surface area contributed by atoms with Crippen LogP contribution in [0.3, 0.4) is 0 Å². The zero-order valence-corrected chi connectivity index (χ0v) is 17.2. The van der Waals surface area contributed by atoms with Crippen LogP contribution in [0.15, 0.2) is 24.3 Å². The second-order valence-electron chi connectivity index (χ2n) is 7.53. The van der Waals surface area contributed by atoms with Crippen LogP contribution >= 0.6 is 7.81 Å². The maximum Gasteiger partial charge on any atom is 0.238 e. The molecule has 0 radical (unpaired) electrons. The Morgan fingerprint density at radius 1 is 0.767 bits per heavy atom. The molecule has 13 heteroatoms. The van der Waals surface area contributed by atoms with Crippen LogP contribution in [0.2, 0.25) is 0 Å². The molecule has 3 heterocycles. The summed E-state index contributed by atoms with van der Waals surface area (Å²) in [4.78, 5) is 12.9. The molecule has 4 rings (SSSR count). The van der Waals surface area contributed by atoms with Crippen molar-refractivity contribution in [2.75, 3.05) is 26.2 Å². The van der Waals surface area contributed by atoms with E-state index in [-0.39, 0.29) is 6.35 Å².